The van der Waals surface area contributed by atoms with Gasteiger partial charge in [0.1, 0.15) is 17.1 Å². The minimum atomic E-state index is -1.19. The summed E-state index contributed by atoms with van der Waals surface area (Å²) in [6.45, 7) is 9.48. The summed E-state index contributed by atoms with van der Waals surface area (Å²) >= 11 is 0. The molecule has 0 aliphatic carbocycles. The summed E-state index contributed by atoms with van der Waals surface area (Å²) < 4.78 is 5.48. The lowest BCUT2D eigenvalue weighted by Crippen LogP contribution is -2.40. The summed E-state index contributed by atoms with van der Waals surface area (Å²) in [6.07, 6.45) is 1.29. The molecule has 1 atom stereocenters. The Morgan fingerprint density at radius 2 is 2.00 bits per heavy atom. The van der Waals surface area contributed by atoms with Gasteiger partial charge in [-0.05, 0) is 39.3 Å². The third kappa shape index (κ3) is 7.04. The van der Waals surface area contributed by atoms with E-state index in [0.717, 1.165) is 12.2 Å². The van der Waals surface area contributed by atoms with E-state index in [1.54, 1.807) is 13.0 Å². The van der Waals surface area contributed by atoms with Crippen LogP contribution < -0.4 is 16.0 Å². The maximum atomic E-state index is 11.6. The Labute approximate surface area is 143 Å². The number of rotatable bonds is 9. The molecule has 136 valence electrons. The van der Waals surface area contributed by atoms with E-state index >= 15 is 0 Å². The second-order valence-electron chi connectivity index (χ2n) is 5.91. The van der Waals surface area contributed by atoms with Crippen molar-refractivity contribution in [3.63, 3.8) is 0 Å². The predicted molar refractivity (Wildman–Crippen MR) is 94.9 cm³/mol. The molecular weight excluding hydrogens is 308 g/mol. The van der Waals surface area contributed by atoms with Crippen molar-refractivity contribution >= 4 is 11.9 Å². The average molecular weight is 338 g/mol. The zero-order chi connectivity index (χ0) is 18.0. The molecule has 0 spiro atoms. The van der Waals surface area contributed by atoms with Crippen LogP contribution in [0.3, 0.4) is 0 Å². The van der Waals surface area contributed by atoms with Gasteiger partial charge in [-0.25, -0.2) is 4.99 Å². The molecule has 1 rings (SSSR count). The summed E-state index contributed by atoms with van der Waals surface area (Å²) in [5, 5.41) is 19.5. The van der Waals surface area contributed by atoms with Gasteiger partial charge >= 0.3 is 0 Å². The number of aryl methyl sites for hydroxylation is 1. The number of aliphatic imine (C=N–C) groups is 1. The summed E-state index contributed by atoms with van der Waals surface area (Å²) in [5.41, 5.74) is -1.19. The largest absolute Gasteiger partial charge is 0.463 e. The molecule has 7 heteroatoms. The zero-order valence-electron chi connectivity index (χ0n) is 15.1. The minimum Gasteiger partial charge on any atom is -0.463 e. The molecule has 1 unspecified atom stereocenters. The monoisotopic (exact) mass is 338 g/mol. The lowest BCUT2D eigenvalue weighted by Gasteiger charge is -2.19. The summed E-state index contributed by atoms with van der Waals surface area (Å²) in [4.78, 5) is 16.0. The molecule has 1 heterocycles. The van der Waals surface area contributed by atoms with Crippen LogP contribution in [0.25, 0.3) is 0 Å². The van der Waals surface area contributed by atoms with E-state index in [4.69, 9.17) is 4.42 Å². The number of hydrogen-bond acceptors (Lipinski definition) is 4. The fourth-order valence-electron chi connectivity index (χ4n) is 2.02. The van der Waals surface area contributed by atoms with Gasteiger partial charge in [0.2, 0.25) is 5.91 Å². The third-order valence-corrected chi connectivity index (χ3v) is 3.38. The molecule has 0 aliphatic heterocycles. The van der Waals surface area contributed by atoms with E-state index in [1.165, 1.54) is 0 Å². The molecule has 0 bridgehead atoms. The fourth-order valence-corrected chi connectivity index (χ4v) is 2.02. The summed E-state index contributed by atoms with van der Waals surface area (Å²) in [7, 11) is 0. The summed E-state index contributed by atoms with van der Waals surface area (Å²) in [5.74, 6) is 1.80. The molecule has 0 saturated carbocycles. The standard InChI is InChI=1S/C17H30N4O3/c1-5-10-19-15(22)9-11-20-16(18-6-2)21-12-17(4,23)14-8-7-13(3)24-14/h7-8,23H,5-6,9-12H2,1-4H3,(H,19,22)(H2,18,20,21). The van der Waals surface area contributed by atoms with Gasteiger partial charge in [0.15, 0.2) is 5.96 Å². The lowest BCUT2D eigenvalue weighted by atomic mass is 10.0. The van der Waals surface area contributed by atoms with Crippen LogP contribution in [0.5, 0.6) is 0 Å². The molecule has 0 saturated heterocycles. The average Bonchev–Trinajstić information content (AvgIpc) is 2.98. The van der Waals surface area contributed by atoms with E-state index in [0.29, 0.717) is 37.8 Å². The molecule has 4 N–H and O–H groups in total. The van der Waals surface area contributed by atoms with Crippen molar-refractivity contribution in [2.45, 2.75) is 46.1 Å². The van der Waals surface area contributed by atoms with Crippen molar-refractivity contribution in [1.29, 1.82) is 0 Å². The number of nitrogens with one attached hydrogen (secondary N) is 3. The van der Waals surface area contributed by atoms with Crippen LogP contribution in [-0.4, -0.2) is 43.2 Å². The van der Waals surface area contributed by atoms with Crippen molar-refractivity contribution in [2.75, 3.05) is 26.2 Å². The van der Waals surface area contributed by atoms with Gasteiger partial charge in [-0.1, -0.05) is 6.92 Å². The molecule has 0 aromatic carbocycles. The van der Waals surface area contributed by atoms with Gasteiger partial charge in [-0.2, -0.15) is 0 Å². The Balaban J connectivity index is 2.54. The Hall–Kier alpha value is -2.02. The first-order valence-electron chi connectivity index (χ1n) is 8.47. The van der Waals surface area contributed by atoms with Gasteiger partial charge in [0.05, 0.1) is 6.54 Å². The number of carbonyl (C=O) groups excluding carboxylic acids is 1. The van der Waals surface area contributed by atoms with E-state index in [2.05, 4.69) is 20.9 Å². The smallest absolute Gasteiger partial charge is 0.221 e. The first-order valence-corrected chi connectivity index (χ1v) is 8.47. The van der Waals surface area contributed by atoms with Crippen molar-refractivity contribution in [3.8, 4) is 0 Å². The van der Waals surface area contributed by atoms with E-state index in [-0.39, 0.29) is 12.5 Å². The Morgan fingerprint density at radius 1 is 1.25 bits per heavy atom. The quantitative estimate of drug-likeness (QED) is 0.401. The molecular formula is C17H30N4O3. The first-order chi connectivity index (χ1) is 11.4. The first kappa shape index (κ1) is 20.0. The highest BCUT2D eigenvalue weighted by Gasteiger charge is 2.26. The molecule has 1 aromatic heterocycles. The molecule has 24 heavy (non-hydrogen) atoms. The molecule has 1 amide bonds. The van der Waals surface area contributed by atoms with Crippen LogP contribution in [-0.2, 0) is 10.4 Å². The van der Waals surface area contributed by atoms with Crippen molar-refractivity contribution in [1.82, 2.24) is 16.0 Å². The number of guanidine groups is 1. The number of amides is 1. The van der Waals surface area contributed by atoms with Gasteiger partial charge in [-0.15, -0.1) is 0 Å². The van der Waals surface area contributed by atoms with Crippen LogP contribution in [0.1, 0.15) is 45.1 Å². The highest BCUT2D eigenvalue weighted by atomic mass is 16.4. The lowest BCUT2D eigenvalue weighted by molar-refractivity contribution is -0.120. The van der Waals surface area contributed by atoms with Crippen molar-refractivity contribution < 1.29 is 14.3 Å². The number of carbonyl (C=O) groups is 1. The number of nitrogens with zero attached hydrogens (tertiary/aromatic N) is 1. The normalized spacial score (nSPS) is 14.1. The Morgan fingerprint density at radius 3 is 2.58 bits per heavy atom. The van der Waals surface area contributed by atoms with Crippen molar-refractivity contribution in [2.24, 2.45) is 4.99 Å². The van der Waals surface area contributed by atoms with E-state index in [1.807, 2.05) is 26.8 Å². The van der Waals surface area contributed by atoms with E-state index < -0.39 is 5.60 Å². The maximum Gasteiger partial charge on any atom is 0.221 e. The molecule has 0 aliphatic rings. The Kier molecular flexibility index (Phi) is 8.32. The van der Waals surface area contributed by atoms with Gasteiger partial charge in [0, 0.05) is 26.1 Å². The van der Waals surface area contributed by atoms with E-state index in [9.17, 15) is 9.90 Å². The van der Waals surface area contributed by atoms with Crippen LogP contribution in [0, 0.1) is 6.92 Å². The van der Waals surface area contributed by atoms with Crippen LogP contribution in [0.15, 0.2) is 21.5 Å². The van der Waals surface area contributed by atoms with Crippen LogP contribution in [0.2, 0.25) is 0 Å². The Bertz CT molecular complexity index is 538. The molecule has 0 fully saturated rings. The number of hydrogen-bond donors (Lipinski definition) is 4. The zero-order valence-corrected chi connectivity index (χ0v) is 15.1. The molecule has 1 aromatic rings. The second-order valence-corrected chi connectivity index (χ2v) is 5.91. The van der Waals surface area contributed by atoms with Gasteiger partial charge in [-0.3, -0.25) is 4.79 Å². The van der Waals surface area contributed by atoms with Gasteiger partial charge < -0.3 is 25.5 Å². The SMILES string of the molecule is CCCNC(=O)CCNC(=NCC(C)(O)c1ccc(C)o1)NCC. The highest BCUT2D eigenvalue weighted by molar-refractivity contribution is 5.81. The number of furan rings is 1. The minimum absolute atomic E-state index is 0.0123. The fraction of sp³-hybridized carbons (Fsp3) is 0.647. The topological polar surface area (TPSA) is 98.9 Å². The highest BCUT2D eigenvalue weighted by Crippen LogP contribution is 2.22. The third-order valence-electron chi connectivity index (χ3n) is 3.38. The predicted octanol–water partition coefficient (Wildman–Crippen LogP) is 1.27. The number of aliphatic hydroxyl groups is 1. The van der Waals surface area contributed by atoms with Crippen LogP contribution >= 0.6 is 0 Å². The van der Waals surface area contributed by atoms with Crippen LogP contribution in [0.4, 0.5) is 0 Å². The van der Waals surface area contributed by atoms with Gasteiger partial charge in [0.25, 0.3) is 0 Å². The second kappa shape index (κ2) is 9.97. The summed E-state index contributed by atoms with van der Waals surface area (Å²) in [6, 6.07) is 3.56. The molecule has 0 radical (unpaired) electrons. The van der Waals surface area contributed by atoms with Crippen molar-refractivity contribution in [3.05, 3.63) is 23.7 Å². The maximum absolute atomic E-state index is 11.6. The molecule has 7 nitrogen and oxygen atoms in total.